The van der Waals surface area contributed by atoms with Crippen molar-refractivity contribution in [1.82, 2.24) is 0 Å². The van der Waals surface area contributed by atoms with Crippen molar-refractivity contribution in [3.05, 3.63) is 82.8 Å². The van der Waals surface area contributed by atoms with Gasteiger partial charge in [0, 0.05) is 4.47 Å². The minimum atomic E-state index is 0.198. The summed E-state index contributed by atoms with van der Waals surface area (Å²) in [5.41, 5.74) is 6.57. The van der Waals surface area contributed by atoms with E-state index in [0.717, 1.165) is 4.47 Å². The number of hydrogen-bond acceptors (Lipinski definition) is 0. The third-order valence-corrected chi connectivity index (χ3v) is 4.68. The summed E-state index contributed by atoms with van der Waals surface area (Å²) in [5.74, 6) is 0. The van der Waals surface area contributed by atoms with Gasteiger partial charge in [-0.05, 0) is 45.4 Å². The molecule has 0 fully saturated rings. The fraction of sp³-hybridized carbons (Fsp3) is 0.182. The minimum absolute atomic E-state index is 0.198. The average molecular weight is 365 g/mol. The van der Waals surface area contributed by atoms with Crippen molar-refractivity contribution in [2.45, 2.75) is 26.2 Å². The molecule has 116 valence electrons. The molecule has 0 radical (unpaired) electrons. The van der Waals surface area contributed by atoms with Crippen LogP contribution in [0.25, 0.3) is 22.3 Å². The first-order valence-corrected chi connectivity index (χ1v) is 8.70. The van der Waals surface area contributed by atoms with Gasteiger partial charge in [0.1, 0.15) is 0 Å². The topological polar surface area (TPSA) is 0 Å². The van der Waals surface area contributed by atoms with E-state index in [2.05, 4.69) is 109 Å². The van der Waals surface area contributed by atoms with Gasteiger partial charge in [-0.2, -0.15) is 0 Å². The molecule has 0 aliphatic rings. The molecule has 0 spiro atoms. The van der Waals surface area contributed by atoms with Crippen LogP contribution < -0.4 is 0 Å². The van der Waals surface area contributed by atoms with Crippen molar-refractivity contribution in [2.24, 2.45) is 0 Å². The molecule has 0 unspecified atom stereocenters. The van der Waals surface area contributed by atoms with Crippen molar-refractivity contribution in [1.29, 1.82) is 0 Å². The van der Waals surface area contributed by atoms with Crippen LogP contribution in [0.15, 0.2) is 77.3 Å². The molecule has 0 aliphatic carbocycles. The molecule has 0 N–H and O–H groups in total. The summed E-state index contributed by atoms with van der Waals surface area (Å²) in [6, 6.07) is 26.1. The summed E-state index contributed by atoms with van der Waals surface area (Å²) in [7, 11) is 0. The Hall–Kier alpha value is -1.86. The molecular weight excluding hydrogens is 344 g/mol. The smallest absolute Gasteiger partial charge is 0.0175 e. The highest BCUT2D eigenvalue weighted by atomic mass is 79.9. The van der Waals surface area contributed by atoms with Crippen LogP contribution in [0.3, 0.4) is 0 Å². The van der Waals surface area contributed by atoms with Crippen LogP contribution in [-0.4, -0.2) is 0 Å². The van der Waals surface area contributed by atoms with Crippen LogP contribution in [0.5, 0.6) is 0 Å². The normalized spacial score (nSPS) is 11.5. The van der Waals surface area contributed by atoms with Gasteiger partial charge in [-0.3, -0.25) is 0 Å². The fourth-order valence-corrected chi connectivity index (χ4v) is 2.92. The van der Waals surface area contributed by atoms with E-state index in [1.165, 1.54) is 27.8 Å². The van der Waals surface area contributed by atoms with E-state index in [4.69, 9.17) is 0 Å². The maximum atomic E-state index is 3.48. The fourth-order valence-electron chi connectivity index (χ4n) is 2.66. The predicted molar refractivity (Wildman–Crippen MR) is 104 cm³/mol. The Balaban J connectivity index is 1.86. The first-order valence-electron chi connectivity index (χ1n) is 7.90. The molecule has 0 amide bonds. The molecule has 0 saturated heterocycles. The highest BCUT2D eigenvalue weighted by molar-refractivity contribution is 9.10. The van der Waals surface area contributed by atoms with Gasteiger partial charge in [-0.15, -0.1) is 0 Å². The van der Waals surface area contributed by atoms with E-state index < -0.39 is 0 Å². The Morgan fingerprint density at radius 2 is 0.826 bits per heavy atom. The van der Waals surface area contributed by atoms with Crippen molar-refractivity contribution in [3.8, 4) is 22.3 Å². The zero-order valence-corrected chi connectivity index (χ0v) is 15.4. The van der Waals surface area contributed by atoms with Gasteiger partial charge in [-0.25, -0.2) is 0 Å². The third-order valence-electron chi connectivity index (χ3n) is 4.15. The van der Waals surface area contributed by atoms with E-state index in [1.54, 1.807) is 0 Å². The Kier molecular flexibility index (Phi) is 4.41. The molecule has 0 bridgehead atoms. The second kappa shape index (κ2) is 6.33. The Morgan fingerprint density at radius 3 is 1.17 bits per heavy atom. The molecule has 3 aromatic carbocycles. The molecule has 0 atom stereocenters. The van der Waals surface area contributed by atoms with Crippen LogP contribution in [0.2, 0.25) is 0 Å². The van der Waals surface area contributed by atoms with Crippen molar-refractivity contribution >= 4 is 15.9 Å². The predicted octanol–water partition coefficient (Wildman–Crippen LogP) is 7.08. The number of rotatable bonds is 2. The molecule has 0 saturated carbocycles. The van der Waals surface area contributed by atoms with Crippen LogP contribution >= 0.6 is 15.9 Å². The molecule has 0 aliphatic heterocycles. The minimum Gasteiger partial charge on any atom is -0.0579 e. The van der Waals surface area contributed by atoms with Gasteiger partial charge < -0.3 is 0 Å². The number of hydrogen-bond donors (Lipinski definition) is 0. The highest BCUT2D eigenvalue weighted by Gasteiger charge is 2.13. The third kappa shape index (κ3) is 3.73. The van der Waals surface area contributed by atoms with Gasteiger partial charge in [-0.1, -0.05) is 97.4 Å². The molecule has 1 heteroatoms. The maximum absolute atomic E-state index is 3.48. The van der Waals surface area contributed by atoms with Gasteiger partial charge in [0.05, 0.1) is 0 Å². The lowest BCUT2D eigenvalue weighted by atomic mass is 9.86. The lowest BCUT2D eigenvalue weighted by Gasteiger charge is -2.19. The SMILES string of the molecule is CC(C)(C)c1ccc(-c2ccc(-c3ccc(Br)cc3)cc2)cc1. The molecule has 0 aromatic heterocycles. The number of halogens is 1. The van der Waals surface area contributed by atoms with E-state index in [9.17, 15) is 0 Å². The highest BCUT2D eigenvalue weighted by Crippen LogP contribution is 2.28. The van der Waals surface area contributed by atoms with E-state index in [0.29, 0.717) is 0 Å². The summed E-state index contributed by atoms with van der Waals surface area (Å²) in [6.07, 6.45) is 0. The van der Waals surface area contributed by atoms with E-state index >= 15 is 0 Å². The van der Waals surface area contributed by atoms with Crippen LogP contribution in [0.4, 0.5) is 0 Å². The summed E-state index contributed by atoms with van der Waals surface area (Å²) < 4.78 is 1.11. The maximum Gasteiger partial charge on any atom is 0.0175 e. The number of benzene rings is 3. The quantitative estimate of drug-likeness (QED) is 0.455. The van der Waals surface area contributed by atoms with Crippen molar-refractivity contribution in [3.63, 3.8) is 0 Å². The summed E-state index contributed by atoms with van der Waals surface area (Å²) in [4.78, 5) is 0. The Morgan fingerprint density at radius 1 is 0.522 bits per heavy atom. The largest absolute Gasteiger partial charge is 0.0579 e. The lowest BCUT2D eigenvalue weighted by Crippen LogP contribution is -2.10. The van der Waals surface area contributed by atoms with Crippen LogP contribution in [-0.2, 0) is 5.41 Å². The van der Waals surface area contributed by atoms with Crippen LogP contribution in [0, 0.1) is 0 Å². The molecule has 0 nitrogen and oxygen atoms in total. The van der Waals surface area contributed by atoms with Crippen molar-refractivity contribution < 1.29 is 0 Å². The van der Waals surface area contributed by atoms with Crippen molar-refractivity contribution in [2.75, 3.05) is 0 Å². The summed E-state index contributed by atoms with van der Waals surface area (Å²) >= 11 is 3.48. The average Bonchev–Trinajstić information content (AvgIpc) is 2.55. The monoisotopic (exact) mass is 364 g/mol. The zero-order valence-electron chi connectivity index (χ0n) is 13.8. The molecule has 23 heavy (non-hydrogen) atoms. The molecule has 3 aromatic rings. The Bertz CT molecular complexity index is 773. The first-order chi connectivity index (χ1) is 10.9. The molecule has 0 heterocycles. The zero-order chi connectivity index (χ0) is 16.4. The van der Waals surface area contributed by atoms with Gasteiger partial charge in [0.15, 0.2) is 0 Å². The standard InChI is InChI=1S/C22H21Br/c1-22(2,3)20-12-8-18(9-13-20)16-4-6-17(7-5-16)19-10-14-21(23)15-11-19/h4-15H,1-3H3. The second-order valence-electron chi connectivity index (χ2n) is 6.91. The van der Waals surface area contributed by atoms with Gasteiger partial charge >= 0.3 is 0 Å². The van der Waals surface area contributed by atoms with E-state index in [1.807, 2.05) is 0 Å². The van der Waals surface area contributed by atoms with Crippen LogP contribution in [0.1, 0.15) is 26.3 Å². The molecule has 3 rings (SSSR count). The lowest BCUT2D eigenvalue weighted by molar-refractivity contribution is 0.590. The first kappa shape index (κ1) is 16.0. The summed E-state index contributed by atoms with van der Waals surface area (Å²) in [6.45, 7) is 6.74. The second-order valence-corrected chi connectivity index (χ2v) is 7.83. The molecular formula is C22H21Br. The van der Waals surface area contributed by atoms with Gasteiger partial charge in [0.2, 0.25) is 0 Å². The summed E-state index contributed by atoms with van der Waals surface area (Å²) in [5, 5.41) is 0. The van der Waals surface area contributed by atoms with Gasteiger partial charge in [0.25, 0.3) is 0 Å². The van der Waals surface area contributed by atoms with E-state index in [-0.39, 0.29) is 5.41 Å². The Labute approximate surface area is 147 Å².